The molecule has 0 aromatic heterocycles. The number of carbonyl (C=O) groups excluding carboxylic acids is 1. The van der Waals surface area contributed by atoms with E-state index in [1.54, 1.807) is 18.2 Å². The molecule has 0 aliphatic heterocycles. The summed E-state index contributed by atoms with van der Waals surface area (Å²) < 4.78 is 24.4. The van der Waals surface area contributed by atoms with Crippen LogP contribution in [0.1, 0.15) is 15.9 Å². The molecule has 29 heavy (non-hydrogen) atoms. The van der Waals surface area contributed by atoms with Gasteiger partial charge in [-0.25, -0.2) is 4.39 Å². The van der Waals surface area contributed by atoms with E-state index >= 15 is 0 Å². The Balaban J connectivity index is 1.95. The summed E-state index contributed by atoms with van der Waals surface area (Å²) in [5, 5.41) is 17.5. The van der Waals surface area contributed by atoms with Crippen LogP contribution in [0.2, 0.25) is 0 Å². The quantitative estimate of drug-likeness (QED) is 0.572. The Bertz CT molecular complexity index is 1100. The average Bonchev–Trinajstić information content (AvgIpc) is 2.74. The molecule has 1 amide bonds. The molecule has 146 valence electrons. The largest absolute Gasteiger partial charge is 0.493 e. The molecule has 3 aromatic rings. The smallest absolute Gasteiger partial charge is 0.259 e. The minimum atomic E-state index is -0.490. The molecule has 3 rings (SSSR count). The molecule has 3 N–H and O–H groups in total. The zero-order chi connectivity index (χ0) is 20.8. The van der Waals surface area contributed by atoms with Gasteiger partial charge in [-0.1, -0.05) is 6.07 Å². The Hall–Kier alpha value is -3.54. The maximum atomic E-state index is 13.4. The standard InChI is InChI=1S/C21H16FN3O3S/c1-27-20-10-14(22)6-8-18(20)28-19-9-13(12-23)5-7-17(19)21(26)25-15-3-2-4-16(11-15)29-24/h2-11H,24H2,1H3,(H,25,26). The fourth-order valence-electron chi connectivity index (χ4n) is 2.55. The SMILES string of the molecule is COc1cc(F)ccc1Oc1cc(C#N)ccc1C(=O)Nc1cccc(SN)c1. The van der Waals surface area contributed by atoms with Crippen molar-refractivity contribution in [2.75, 3.05) is 12.4 Å². The summed E-state index contributed by atoms with van der Waals surface area (Å²) in [6.45, 7) is 0. The number of anilines is 1. The lowest BCUT2D eigenvalue weighted by Gasteiger charge is -2.14. The number of rotatable bonds is 6. The van der Waals surface area contributed by atoms with Crippen LogP contribution in [0.25, 0.3) is 0 Å². The van der Waals surface area contributed by atoms with E-state index in [4.69, 9.17) is 14.6 Å². The van der Waals surface area contributed by atoms with E-state index in [0.717, 1.165) is 16.8 Å². The van der Waals surface area contributed by atoms with Crippen molar-refractivity contribution in [3.63, 3.8) is 0 Å². The fraction of sp³-hybridized carbons (Fsp3) is 0.0476. The lowest BCUT2D eigenvalue weighted by atomic mass is 10.1. The molecule has 0 atom stereocenters. The number of hydrogen-bond donors (Lipinski definition) is 2. The number of hydrogen-bond acceptors (Lipinski definition) is 6. The highest BCUT2D eigenvalue weighted by molar-refractivity contribution is 7.97. The molecule has 0 unspecified atom stereocenters. The van der Waals surface area contributed by atoms with Gasteiger partial charge in [-0.2, -0.15) is 5.26 Å². The van der Waals surface area contributed by atoms with Gasteiger partial charge in [0.25, 0.3) is 5.91 Å². The summed E-state index contributed by atoms with van der Waals surface area (Å²) in [6, 6.07) is 17.2. The third kappa shape index (κ3) is 4.85. The number of methoxy groups -OCH3 is 1. The molecule has 0 radical (unpaired) electrons. The normalized spacial score (nSPS) is 10.1. The van der Waals surface area contributed by atoms with Gasteiger partial charge in [0, 0.05) is 16.6 Å². The topological polar surface area (TPSA) is 97.4 Å². The van der Waals surface area contributed by atoms with Crippen molar-refractivity contribution >= 4 is 23.5 Å². The van der Waals surface area contributed by atoms with Crippen LogP contribution >= 0.6 is 11.9 Å². The average molecular weight is 409 g/mol. The highest BCUT2D eigenvalue weighted by Crippen LogP contribution is 2.34. The van der Waals surface area contributed by atoms with E-state index in [1.807, 2.05) is 12.1 Å². The van der Waals surface area contributed by atoms with Gasteiger partial charge in [0.2, 0.25) is 0 Å². The maximum absolute atomic E-state index is 13.4. The number of nitrogens with two attached hydrogens (primary N) is 1. The Kier molecular flexibility index (Phi) is 6.34. The lowest BCUT2D eigenvalue weighted by molar-refractivity contribution is 0.102. The molecule has 0 saturated heterocycles. The summed E-state index contributed by atoms with van der Waals surface area (Å²) in [5.41, 5.74) is 1.06. The molecular formula is C21H16FN3O3S. The Morgan fingerprint density at radius 2 is 1.93 bits per heavy atom. The van der Waals surface area contributed by atoms with E-state index in [1.165, 1.54) is 43.5 Å². The molecule has 0 fully saturated rings. The van der Waals surface area contributed by atoms with Gasteiger partial charge < -0.3 is 14.8 Å². The minimum Gasteiger partial charge on any atom is -0.493 e. The molecule has 0 aliphatic rings. The number of benzene rings is 3. The second-order valence-electron chi connectivity index (χ2n) is 5.82. The van der Waals surface area contributed by atoms with Crippen LogP contribution in [0.3, 0.4) is 0 Å². The molecule has 0 heterocycles. The number of carbonyl (C=O) groups is 1. The Labute approximate surface area is 171 Å². The predicted octanol–water partition coefficient (Wildman–Crippen LogP) is 4.72. The van der Waals surface area contributed by atoms with Crippen molar-refractivity contribution in [2.24, 2.45) is 5.14 Å². The minimum absolute atomic E-state index is 0.135. The summed E-state index contributed by atoms with van der Waals surface area (Å²) >= 11 is 1.06. The second kappa shape index (κ2) is 9.10. The van der Waals surface area contributed by atoms with Gasteiger partial charge in [0.1, 0.15) is 11.6 Å². The molecule has 0 aliphatic carbocycles. The molecular weight excluding hydrogens is 393 g/mol. The predicted molar refractivity (Wildman–Crippen MR) is 109 cm³/mol. The molecule has 0 spiro atoms. The van der Waals surface area contributed by atoms with Crippen LogP contribution in [-0.2, 0) is 0 Å². The van der Waals surface area contributed by atoms with Gasteiger partial charge >= 0.3 is 0 Å². The molecule has 6 nitrogen and oxygen atoms in total. The van der Waals surface area contributed by atoms with E-state index in [9.17, 15) is 14.4 Å². The fourth-order valence-corrected chi connectivity index (χ4v) is 2.91. The first-order valence-corrected chi connectivity index (χ1v) is 9.25. The summed E-state index contributed by atoms with van der Waals surface area (Å²) in [6.07, 6.45) is 0. The van der Waals surface area contributed by atoms with E-state index in [0.29, 0.717) is 11.3 Å². The number of ether oxygens (including phenoxy) is 2. The number of nitriles is 1. The van der Waals surface area contributed by atoms with Crippen molar-refractivity contribution in [1.82, 2.24) is 0 Å². The van der Waals surface area contributed by atoms with Crippen molar-refractivity contribution in [3.05, 3.63) is 77.6 Å². The van der Waals surface area contributed by atoms with Gasteiger partial charge in [0.05, 0.1) is 24.3 Å². The van der Waals surface area contributed by atoms with Crippen LogP contribution in [0.5, 0.6) is 17.2 Å². The first kappa shape index (κ1) is 20.2. The van der Waals surface area contributed by atoms with Crippen LogP contribution in [0.15, 0.2) is 65.6 Å². The van der Waals surface area contributed by atoms with Crippen molar-refractivity contribution in [3.8, 4) is 23.3 Å². The molecule has 0 saturated carbocycles. The monoisotopic (exact) mass is 409 g/mol. The zero-order valence-electron chi connectivity index (χ0n) is 15.3. The van der Waals surface area contributed by atoms with Crippen LogP contribution in [0, 0.1) is 17.1 Å². The van der Waals surface area contributed by atoms with Gasteiger partial charge in [-0.15, -0.1) is 0 Å². The van der Waals surface area contributed by atoms with E-state index < -0.39 is 11.7 Å². The maximum Gasteiger partial charge on any atom is 0.259 e. The van der Waals surface area contributed by atoms with Crippen LogP contribution in [-0.4, -0.2) is 13.0 Å². The number of amides is 1. The third-order valence-corrected chi connectivity index (χ3v) is 4.46. The van der Waals surface area contributed by atoms with E-state index in [2.05, 4.69) is 5.32 Å². The number of halogens is 1. The Morgan fingerprint density at radius 3 is 2.66 bits per heavy atom. The molecule has 0 bridgehead atoms. The number of nitrogens with one attached hydrogen (secondary N) is 1. The third-order valence-electron chi connectivity index (χ3n) is 3.93. The van der Waals surface area contributed by atoms with Crippen LogP contribution in [0.4, 0.5) is 10.1 Å². The van der Waals surface area contributed by atoms with Gasteiger partial charge in [0.15, 0.2) is 11.5 Å². The van der Waals surface area contributed by atoms with Crippen molar-refractivity contribution in [2.45, 2.75) is 4.90 Å². The zero-order valence-corrected chi connectivity index (χ0v) is 16.1. The van der Waals surface area contributed by atoms with E-state index in [-0.39, 0.29) is 22.8 Å². The molecule has 8 heteroatoms. The highest BCUT2D eigenvalue weighted by atomic mass is 32.2. The van der Waals surface area contributed by atoms with Crippen molar-refractivity contribution < 1.29 is 18.7 Å². The summed E-state index contributed by atoms with van der Waals surface area (Å²) in [5.74, 6) is -0.429. The number of nitrogens with zero attached hydrogens (tertiary/aromatic N) is 1. The highest BCUT2D eigenvalue weighted by Gasteiger charge is 2.17. The van der Waals surface area contributed by atoms with Gasteiger partial charge in [-0.05, 0) is 60.5 Å². The lowest BCUT2D eigenvalue weighted by Crippen LogP contribution is -2.13. The second-order valence-corrected chi connectivity index (χ2v) is 6.53. The summed E-state index contributed by atoms with van der Waals surface area (Å²) in [4.78, 5) is 13.6. The van der Waals surface area contributed by atoms with Crippen LogP contribution < -0.4 is 19.9 Å². The first-order chi connectivity index (χ1) is 14.0. The first-order valence-electron chi connectivity index (χ1n) is 8.37. The van der Waals surface area contributed by atoms with Crippen molar-refractivity contribution in [1.29, 1.82) is 5.26 Å². The summed E-state index contributed by atoms with van der Waals surface area (Å²) in [7, 11) is 1.38. The molecule has 3 aromatic carbocycles. The Morgan fingerprint density at radius 1 is 1.10 bits per heavy atom. The van der Waals surface area contributed by atoms with Gasteiger partial charge in [-0.3, -0.25) is 9.93 Å².